The van der Waals surface area contributed by atoms with Gasteiger partial charge in [0.2, 0.25) is 0 Å². The van der Waals surface area contributed by atoms with Gasteiger partial charge in [-0.05, 0) is 18.1 Å². The summed E-state index contributed by atoms with van der Waals surface area (Å²) in [5, 5.41) is 3.41. The van der Waals surface area contributed by atoms with Gasteiger partial charge >= 0.3 is 0 Å². The zero-order valence-electron chi connectivity index (χ0n) is 12.2. The lowest BCUT2D eigenvalue weighted by Crippen LogP contribution is -2.27. The second kappa shape index (κ2) is 5.11. The molecule has 2 aliphatic rings. The molecule has 1 aromatic carbocycles. The van der Waals surface area contributed by atoms with Gasteiger partial charge in [-0.2, -0.15) is 0 Å². The van der Waals surface area contributed by atoms with Gasteiger partial charge < -0.3 is 10.1 Å². The minimum Gasteiger partial charge on any atom is -0.482 e. The van der Waals surface area contributed by atoms with Crippen molar-refractivity contribution in [1.29, 1.82) is 0 Å². The molecule has 1 N–H and O–H groups in total. The SMILES string of the molecule is CCc1nc(C2Cc3ccccc3O2)nc2c1CNCC2. The van der Waals surface area contributed by atoms with E-state index in [1.807, 2.05) is 12.1 Å². The van der Waals surface area contributed by atoms with Gasteiger partial charge in [0.1, 0.15) is 5.75 Å². The lowest BCUT2D eigenvalue weighted by atomic mass is 10.0. The van der Waals surface area contributed by atoms with Gasteiger partial charge in [-0.1, -0.05) is 25.1 Å². The van der Waals surface area contributed by atoms with Crippen LogP contribution < -0.4 is 10.1 Å². The third-order valence-corrected chi connectivity index (χ3v) is 4.31. The predicted octanol–water partition coefficient (Wildman–Crippen LogP) is 2.36. The number of para-hydroxylation sites is 1. The van der Waals surface area contributed by atoms with Crippen LogP contribution in [-0.4, -0.2) is 16.5 Å². The Balaban J connectivity index is 1.70. The van der Waals surface area contributed by atoms with Crippen LogP contribution >= 0.6 is 0 Å². The fourth-order valence-electron chi connectivity index (χ4n) is 3.20. The molecular formula is C17H19N3O. The Kier molecular flexibility index (Phi) is 3.11. The molecule has 0 radical (unpaired) electrons. The molecule has 0 aliphatic carbocycles. The highest BCUT2D eigenvalue weighted by Crippen LogP contribution is 2.35. The lowest BCUT2D eigenvalue weighted by molar-refractivity contribution is 0.226. The Morgan fingerprint density at radius 2 is 2.19 bits per heavy atom. The van der Waals surface area contributed by atoms with Crippen molar-refractivity contribution in [3.63, 3.8) is 0 Å². The minimum absolute atomic E-state index is 0.0344. The van der Waals surface area contributed by atoms with E-state index in [4.69, 9.17) is 14.7 Å². The van der Waals surface area contributed by atoms with Crippen LogP contribution in [0.1, 0.15) is 41.4 Å². The molecule has 1 aromatic heterocycles. The van der Waals surface area contributed by atoms with Crippen molar-refractivity contribution in [3.8, 4) is 5.75 Å². The lowest BCUT2D eigenvalue weighted by Gasteiger charge is -2.21. The number of nitrogens with one attached hydrogen (secondary N) is 1. The Morgan fingerprint density at radius 1 is 1.29 bits per heavy atom. The molecule has 21 heavy (non-hydrogen) atoms. The van der Waals surface area contributed by atoms with Crippen LogP contribution in [-0.2, 0) is 25.8 Å². The number of fused-ring (bicyclic) bond motifs is 2. The zero-order valence-corrected chi connectivity index (χ0v) is 12.2. The van der Waals surface area contributed by atoms with E-state index in [1.165, 1.54) is 22.5 Å². The van der Waals surface area contributed by atoms with Crippen LogP contribution in [0.2, 0.25) is 0 Å². The Hall–Kier alpha value is -1.94. The molecular weight excluding hydrogens is 262 g/mol. The highest BCUT2D eigenvalue weighted by Gasteiger charge is 2.28. The van der Waals surface area contributed by atoms with Crippen molar-refractivity contribution >= 4 is 0 Å². The van der Waals surface area contributed by atoms with E-state index in [9.17, 15) is 0 Å². The Morgan fingerprint density at radius 3 is 3.05 bits per heavy atom. The molecule has 0 amide bonds. The molecule has 0 saturated heterocycles. The van der Waals surface area contributed by atoms with E-state index in [0.29, 0.717) is 0 Å². The number of ether oxygens (including phenoxy) is 1. The minimum atomic E-state index is -0.0344. The summed E-state index contributed by atoms with van der Waals surface area (Å²) < 4.78 is 6.04. The summed E-state index contributed by atoms with van der Waals surface area (Å²) in [6.45, 7) is 4.05. The van der Waals surface area contributed by atoms with Gasteiger partial charge in [0.15, 0.2) is 11.9 Å². The van der Waals surface area contributed by atoms with Crippen LogP contribution in [0.5, 0.6) is 5.75 Å². The van der Waals surface area contributed by atoms with Gasteiger partial charge in [-0.25, -0.2) is 9.97 Å². The second-order valence-electron chi connectivity index (χ2n) is 5.65. The summed E-state index contributed by atoms with van der Waals surface area (Å²) >= 11 is 0. The zero-order chi connectivity index (χ0) is 14.2. The van der Waals surface area contributed by atoms with Gasteiger partial charge in [0.25, 0.3) is 0 Å². The molecule has 0 saturated carbocycles. The molecule has 3 heterocycles. The first-order chi connectivity index (χ1) is 10.3. The van der Waals surface area contributed by atoms with E-state index < -0.39 is 0 Å². The van der Waals surface area contributed by atoms with Crippen LogP contribution in [0, 0.1) is 0 Å². The highest BCUT2D eigenvalue weighted by atomic mass is 16.5. The number of rotatable bonds is 2. The van der Waals surface area contributed by atoms with Crippen molar-refractivity contribution in [2.75, 3.05) is 6.54 Å². The third kappa shape index (κ3) is 2.20. The molecule has 1 atom stereocenters. The van der Waals surface area contributed by atoms with Gasteiger partial charge in [-0.3, -0.25) is 0 Å². The van der Waals surface area contributed by atoms with Crippen molar-refractivity contribution in [3.05, 3.63) is 52.6 Å². The first-order valence-corrected chi connectivity index (χ1v) is 7.69. The maximum absolute atomic E-state index is 6.04. The number of aryl methyl sites for hydroxylation is 1. The maximum atomic E-state index is 6.04. The summed E-state index contributed by atoms with van der Waals surface area (Å²) in [5.41, 5.74) is 4.92. The molecule has 108 valence electrons. The van der Waals surface area contributed by atoms with Crippen molar-refractivity contribution < 1.29 is 4.74 Å². The summed E-state index contributed by atoms with van der Waals surface area (Å²) in [4.78, 5) is 9.60. The molecule has 4 heteroatoms. The Bertz CT molecular complexity index is 641. The molecule has 2 aliphatic heterocycles. The average Bonchev–Trinajstić information content (AvgIpc) is 2.98. The first kappa shape index (κ1) is 12.8. The molecule has 0 bridgehead atoms. The molecule has 0 spiro atoms. The number of hydrogen-bond acceptors (Lipinski definition) is 4. The third-order valence-electron chi connectivity index (χ3n) is 4.31. The summed E-state index contributed by atoms with van der Waals surface area (Å²) in [6, 6.07) is 8.22. The second-order valence-corrected chi connectivity index (χ2v) is 5.65. The summed E-state index contributed by atoms with van der Waals surface area (Å²) in [6.07, 6.45) is 2.76. The molecule has 4 rings (SSSR count). The number of aromatic nitrogens is 2. The average molecular weight is 281 g/mol. The fourth-order valence-corrected chi connectivity index (χ4v) is 3.20. The highest BCUT2D eigenvalue weighted by molar-refractivity contribution is 5.38. The van der Waals surface area contributed by atoms with Crippen molar-refractivity contribution in [2.45, 2.75) is 38.8 Å². The fraction of sp³-hybridized carbons (Fsp3) is 0.412. The predicted molar refractivity (Wildman–Crippen MR) is 80.3 cm³/mol. The van der Waals surface area contributed by atoms with Gasteiger partial charge in [-0.15, -0.1) is 0 Å². The number of nitrogens with zero attached hydrogens (tertiary/aromatic N) is 2. The monoisotopic (exact) mass is 281 g/mol. The maximum Gasteiger partial charge on any atom is 0.170 e. The Labute approximate surface area is 124 Å². The van der Waals surface area contributed by atoms with Gasteiger partial charge in [0, 0.05) is 37.2 Å². The molecule has 1 unspecified atom stereocenters. The molecule has 0 fully saturated rings. The normalized spacial score (nSPS) is 19.8. The largest absolute Gasteiger partial charge is 0.482 e. The number of hydrogen-bond donors (Lipinski definition) is 1. The van der Waals surface area contributed by atoms with Gasteiger partial charge in [0.05, 0.1) is 5.69 Å². The topological polar surface area (TPSA) is 47.0 Å². The number of benzene rings is 1. The van der Waals surface area contributed by atoms with Crippen LogP contribution in [0.3, 0.4) is 0 Å². The molecule has 2 aromatic rings. The quantitative estimate of drug-likeness (QED) is 0.918. The van der Waals surface area contributed by atoms with Crippen molar-refractivity contribution in [1.82, 2.24) is 15.3 Å². The van der Waals surface area contributed by atoms with Crippen LogP contribution in [0.4, 0.5) is 0 Å². The summed E-state index contributed by atoms with van der Waals surface area (Å²) in [7, 11) is 0. The van der Waals surface area contributed by atoms with Crippen LogP contribution in [0.15, 0.2) is 24.3 Å². The van der Waals surface area contributed by atoms with E-state index in [-0.39, 0.29) is 6.10 Å². The van der Waals surface area contributed by atoms with E-state index >= 15 is 0 Å². The standard InChI is InChI=1S/C17H19N3O/c1-2-13-12-10-18-8-7-14(12)20-17(19-13)16-9-11-5-3-4-6-15(11)21-16/h3-6,16,18H,2,7-10H2,1H3. The van der Waals surface area contributed by atoms with Crippen LogP contribution in [0.25, 0.3) is 0 Å². The van der Waals surface area contributed by atoms with Crippen molar-refractivity contribution in [2.24, 2.45) is 0 Å². The van der Waals surface area contributed by atoms with E-state index in [1.54, 1.807) is 0 Å². The van der Waals surface area contributed by atoms with E-state index in [0.717, 1.165) is 43.9 Å². The van der Waals surface area contributed by atoms with E-state index in [2.05, 4.69) is 24.4 Å². The first-order valence-electron chi connectivity index (χ1n) is 7.69. The summed E-state index contributed by atoms with van der Waals surface area (Å²) in [5.74, 6) is 1.83. The molecule has 4 nitrogen and oxygen atoms in total. The smallest absolute Gasteiger partial charge is 0.170 e.